The molecule has 28 aromatic rings. The van der Waals surface area contributed by atoms with Crippen molar-refractivity contribution in [2.45, 2.75) is 6.92 Å². The molecule has 0 N–H and O–H groups in total. The first-order valence-corrected chi connectivity index (χ1v) is 49.9. The van der Waals surface area contributed by atoms with Crippen molar-refractivity contribution in [1.82, 2.24) is 63.5 Å². The number of allylic oxidation sites excluding steroid dienone is 1. The molecule has 0 aliphatic carbocycles. The number of hydrogen-bond acceptors (Lipinski definition) is 14. The van der Waals surface area contributed by atoms with Gasteiger partial charge in [0.1, 0.15) is 5.75 Å². The highest BCUT2D eigenvalue weighted by Crippen LogP contribution is 2.50. The molecule has 0 saturated heterocycles. The fraction of sp³-hybridized carbons (Fsp3) is 0.0159. The van der Waals surface area contributed by atoms with E-state index in [9.17, 15) is 0 Å². The Morgan fingerprint density at radius 3 is 0.818 bits per heavy atom. The molecule has 10 aromatic heterocycles. The van der Waals surface area contributed by atoms with E-state index in [1.807, 2.05) is 205 Å². The maximum absolute atomic E-state index is 5.68. The van der Waals surface area contributed by atoms with Gasteiger partial charge in [-0.25, -0.2) is 15.0 Å². The molecule has 0 fully saturated rings. The van der Waals surface area contributed by atoms with E-state index in [2.05, 4.69) is 299 Å². The third-order valence-electron chi connectivity index (χ3n) is 26.6. The van der Waals surface area contributed by atoms with Crippen molar-refractivity contribution < 1.29 is 4.74 Å². The van der Waals surface area contributed by atoms with Crippen molar-refractivity contribution in [1.29, 1.82) is 0 Å². The van der Waals surface area contributed by atoms with Gasteiger partial charge in [-0.05, 0) is 137 Å². The van der Waals surface area contributed by atoms with E-state index < -0.39 is 0 Å². The zero-order valence-corrected chi connectivity index (χ0v) is 79.7. The third kappa shape index (κ3) is 15.5. The van der Waals surface area contributed by atoms with Crippen molar-refractivity contribution >= 4 is 166 Å². The Morgan fingerprint density at radius 1 is 0.224 bits per heavy atom. The molecule has 0 spiro atoms. The number of fused-ring (bicyclic) bond motifs is 21. The second kappa shape index (κ2) is 36.3. The van der Waals surface area contributed by atoms with Crippen LogP contribution in [-0.4, -0.2) is 70.7 Å². The van der Waals surface area contributed by atoms with Crippen LogP contribution in [0.2, 0.25) is 0 Å². The molecule has 0 unspecified atom stereocenters. The lowest BCUT2D eigenvalue weighted by atomic mass is 10.0. The molecular weight excluding hydrogens is 1810 g/mol. The lowest BCUT2D eigenvalue weighted by Crippen LogP contribution is -2.06. The van der Waals surface area contributed by atoms with E-state index in [1.165, 1.54) is 105 Å². The Balaban J connectivity index is 0.000000110. The molecule has 143 heavy (non-hydrogen) atoms. The summed E-state index contributed by atoms with van der Waals surface area (Å²) >= 11 is 5.45. The highest BCUT2D eigenvalue weighted by molar-refractivity contribution is 7.27. The van der Waals surface area contributed by atoms with E-state index >= 15 is 0 Å². The number of methoxy groups -OCH3 is 1. The summed E-state index contributed by atoms with van der Waals surface area (Å²) in [6.07, 6.45) is 6.07. The average molecular weight is 1890 g/mol. The van der Waals surface area contributed by atoms with Gasteiger partial charge in [0.15, 0.2) is 34.9 Å². The second-order valence-electron chi connectivity index (χ2n) is 35.2. The molecule has 0 bridgehead atoms. The number of benzene rings is 18. The average Bonchev–Trinajstić information content (AvgIpc) is 1.56. The highest BCUT2D eigenvalue weighted by atomic mass is 32.1. The maximum Gasteiger partial charge on any atom is 0.238 e. The molecule has 0 aliphatic rings. The minimum Gasteiger partial charge on any atom is -0.497 e. The molecule has 674 valence electrons. The molecule has 0 radical (unpaired) electrons. The summed E-state index contributed by atoms with van der Waals surface area (Å²) in [5, 5.41) is 14.2. The van der Waals surface area contributed by atoms with Crippen molar-refractivity contribution in [2.24, 2.45) is 0 Å². The van der Waals surface area contributed by atoms with Gasteiger partial charge >= 0.3 is 0 Å². The SMILES string of the molecule is C/C=C/c1ccc2c(c1)c1ccc3c4cc(-c5ccccc5)ccc4sc3c1n2-c1nc(-c2ccccc2)nc(-c2ccccc2)n1.COc1ccc2c(c1)c1ccc3c4cc(-c5ccccc5)ccc4sc3c1n2-c1nc(-c2ccccc2)nc(-c2ccccc2)n1.c1ccc(-c2ccc3sc4c(ccc5c6cc(-c7ccccn7)ccc6n(-c6nc(-c7ccccc7)nc(-c7ccccc7)n6)c54)c3c2)cc1. The third-order valence-corrected chi connectivity index (χ3v) is 30.2. The molecule has 10 heterocycles. The van der Waals surface area contributed by atoms with Gasteiger partial charge in [0.2, 0.25) is 17.8 Å². The van der Waals surface area contributed by atoms with Crippen LogP contribution in [0.15, 0.2) is 449 Å². The van der Waals surface area contributed by atoms with Crippen LogP contribution in [0.25, 0.3) is 263 Å². The summed E-state index contributed by atoms with van der Waals surface area (Å²) in [4.78, 5) is 50.6. The van der Waals surface area contributed by atoms with Gasteiger partial charge in [-0.1, -0.05) is 358 Å². The fourth-order valence-corrected chi connectivity index (χ4v) is 23.5. The standard InChI is InChI=1S/C44H27N5S.C42H28N4S.C40H26N4OS/c1-4-12-28(13-5-1)31-20-24-39-36(26-31)34-22-21-33-35-27-32(37-18-10-11-25-45-37)19-23-38(35)49(40(33)41(34)50-39)44-47-42(29-14-6-2-7-15-29)46-43(48-44)30-16-8-3-9-17-30;1-2-12-27-19-23-36-34(25-27)32-21-22-33-35-26-31(28-13-6-3-7-14-28)20-24-37(35)47-39(33)38(32)46(36)42-44-40(29-15-8-4-9-16-29)43-41(45-42)30-17-10-5-11-18-30;1-45-29-18-21-34-32(24-29)30-19-20-31-33-23-28(25-11-5-2-6-12-25)17-22-35(33)46-37(31)36(30)44(34)40-42-38(26-13-7-3-8-14-26)41-39(43-40)27-15-9-4-10-16-27/h1-27H;2-26H,1H3;2-24H,1H3/b;12-2+;. The predicted octanol–water partition coefficient (Wildman–Crippen LogP) is 33.1. The van der Waals surface area contributed by atoms with Gasteiger partial charge in [0.25, 0.3) is 0 Å². The van der Waals surface area contributed by atoms with Crippen LogP contribution in [0.3, 0.4) is 0 Å². The monoisotopic (exact) mass is 1890 g/mol. The summed E-state index contributed by atoms with van der Waals surface area (Å²) in [5.41, 5.74) is 22.4. The Labute approximate surface area is 833 Å². The molecule has 0 saturated carbocycles. The van der Waals surface area contributed by atoms with Crippen molar-refractivity contribution in [3.05, 3.63) is 455 Å². The lowest BCUT2D eigenvalue weighted by Gasteiger charge is -2.11. The Kier molecular flexibility index (Phi) is 21.6. The molecule has 14 nitrogen and oxygen atoms in total. The van der Waals surface area contributed by atoms with Gasteiger partial charge in [-0.15, -0.1) is 34.0 Å². The molecule has 28 rings (SSSR count). The van der Waals surface area contributed by atoms with Gasteiger partial charge in [-0.2, -0.15) is 29.9 Å². The van der Waals surface area contributed by atoms with E-state index in [1.54, 1.807) is 18.4 Å². The van der Waals surface area contributed by atoms with Crippen LogP contribution < -0.4 is 4.74 Å². The number of rotatable bonds is 15. The number of aromatic nitrogens is 13. The number of ether oxygens (including phenoxy) is 1. The summed E-state index contributed by atoms with van der Waals surface area (Å²) in [5.74, 6) is 6.37. The number of nitrogens with zero attached hydrogens (tertiary/aromatic N) is 13. The Morgan fingerprint density at radius 2 is 0.503 bits per heavy atom. The zero-order valence-electron chi connectivity index (χ0n) is 77.2. The van der Waals surface area contributed by atoms with E-state index in [0.717, 1.165) is 111 Å². The lowest BCUT2D eigenvalue weighted by molar-refractivity contribution is 0.415. The first kappa shape index (κ1) is 85.2. The minimum absolute atomic E-state index is 0.577. The summed E-state index contributed by atoms with van der Waals surface area (Å²) in [6, 6.07) is 152. The van der Waals surface area contributed by atoms with Gasteiger partial charge in [-0.3, -0.25) is 18.7 Å². The largest absolute Gasteiger partial charge is 0.497 e. The van der Waals surface area contributed by atoms with Gasteiger partial charge in [0.05, 0.1) is 60.0 Å². The minimum atomic E-state index is 0.577. The summed E-state index contributed by atoms with van der Waals surface area (Å²) in [7, 11) is 1.71. The van der Waals surface area contributed by atoms with Crippen molar-refractivity contribution in [2.75, 3.05) is 7.11 Å². The predicted molar refractivity (Wildman–Crippen MR) is 595 cm³/mol. The molecule has 17 heteroatoms. The van der Waals surface area contributed by atoms with Crippen molar-refractivity contribution in [3.63, 3.8) is 0 Å². The normalized spacial score (nSPS) is 11.7. The van der Waals surface area contributed by atoms with Crippen LogP contribution in [0.5, 0.6) is 5.75 Å². The van der Waals surface area contributed by atoms with Gasteiger partial charge < -0.3 is 4.74 Å². The molecule has 18 aromatic carbocycles. The van der Waals surface area contributed by atoms with Crippen LogP contribution >= 0.6 is 34.0 Å². The van der Waals surface area contributed by atoms with E-state index in [-0.39, 0.29) is 0 Å². The molecule has 0 amide bonds. The van der Waals surface area contributed by atoms with E-state index in [0.29, 0.717) is 52.8 Å². The topological polar surface area (TPSA) is 153 Å². The molecule has 0 aliphatic heterocycles. The van der Waals surface area contributed by atoms with Crippen LogP contribution in [0, 0.1) is 0 Å². The quantitative estimate of drug-likeness (QED) is 0.0964. The van der Waals surface area contributed by atoms with Crippen molar-refractivity contribution in [3.8, 4) is 137 Å². The maximum atomic E-state index is 5.68. The highest BCUT2D eigenvalue weighted by Gasteiger charge is 2.28. The number of hydrogen-bond donors (Lipinski definition) is 0. The summed E-state index contributed by atoms with van der Waals surface area (Å²) in [6.45, 7) is 2.05. The molecular formula is C126H81N13OS3. The zero-order chi connectivity index (χ0) is 95.0. The Bertz CT molecular complexity index is 9640. The van der Waals surface area contributed by atoms with Crippen LogP contribution in [0.1, 0.15) is 12.5 Å². The van der Waals surface area contributed by atoms with Crippen LogP contribution in [0.4, 0.5) is 0 Å². The van der Waals surface area contributed by atoms with E-state index in [4.69, 9.17) is 49.6 Å². The summed E-state index contributed by atoms with van der Waals surface area (Å²) < 4.78 is 19.7. The number of thiophene rings is 3. The van der Waals surface area contributed by atoms with Crippen LogP contribution in [-0.2, 0) is 0 Å². The fourth-order valence-electron chi connectivity index (χ4n) is 19.9. The smallest absolute Gasteiger partial charge is 0.238 e. The first-order valence-electron chi connectivity index (χ1n) is 47.5. The van der Waals surface area contributed by atoms with Gasteiger partial charge in [0, 0.05) is 124 Å². The first-order chi connectivity index (χ1) is 70.8. The molecule has 0 atom stereocenters. The second-order valence-corrected chi connectivity index (χ2v) is 38.4. The number of pyridine rings is 1. The Hall–Kier alpha value is -18.3.